The number of ether oxygens (including phenoxy) is 2. The van der Waals surface area contributed by atoms with E-state index in [1.165, 1.54) is 19.2 Å². The van der Waals surface area contributed by atoms with Gasteiger partial charge in [0.2, 0.25) is 5.91 Å². The van der Waals surface area contributed by atoms with Crippen molar-refractivity contribution >= 4 is 35.0 Å². The summed E-state index contributed by atoms with van der Waals surface area (Å²) < 4.78 is 29.1. The minimum absolute atomic E-state index is 0.00901. The Balaban J connectivity index is 1.64. The van der Waals surface area contributed by atoms with E-state index in [0.717, 1.165) is 17.8 Å². The second-order valence-electron chi connectivity index (χ2n) is 5.40. The summed E-state index contributed by atoms with van der Waals surface area (Å²) in [4.78, 5) is 12.1. The summed E-state index contributed by atoms with van der Waals surface area (Å²) in [6.07, 6.45) is 0. The standard InChI is InChI=1S/C18H15ClFN3O4S/c1-25-11-4-5-12(15(8-11)26-2)17-22-23-18(27-17)28-9-16(24)21-14-6-3-10(20)7-13(14)19/h3-8H,9H2,1-2H3,(H,21,24). The SMILES string of the molecule is COc1ccc(-c2nnc(SCC(=O)Nc3ccc(F)cc3Cl)o2)c(OC)c1. The van der Waals surface area contributed by atoms with Gasteiger partial charge in [-0.2, -0.15) is 0 Å². The number of carbonyl (C=O) groups excluding carboxylic acids is 1. The van der Waals surface area contributed by atoms with Gasteiger partial charge in [0.05, 0.1) is 36.2 Å². The Hall–Kier alpha value is -2.78. The zero-order valence-electron chi connectivity index (χ0n) is 14.9. The van der Waals surface area contributed by atoms with Gasteiger partial charge in [-0.25, -0.2) is 4.39 Å². The fourth-order valence-corrected chi connectivity index (χ4v) is 3.03. The number of methoxy groups -OCH3 is 2. The molecule has 0 aliphatic carbocycles. The van der Waals surface area contributed by atoms with Crippen LogP contribution in [0.15, 0.2) is 46.0 Å². The number of anilines is 1. The summed E-state index contributed by atoms with van der Waals surface area (Å²) in [5, 5.41) is 10.8. The van der Waals surface area contributed by atoms with E-state index < -0.39 is 5.82 Å². The molecule has 0 aliphatic rings. The highest BCUT2D eigenvalue weighted by Gasteiger charge is 2.16. The quantitative estimate of drug-likeness (QED) is 0.567. The summed E-state index contributed by atoms with van der Waals surface area (Å²) in [5.74, 6) is 0.581. The van der Waals surface area contributed by atoms with Crippen LogP contribution < -0.4 is 14.8 Å². The lowest BCUT2D eigenvalue weighted by Gasteiger charge is -2.07. The van der Waals surface area contributed by atoms with Crippen molar-refractivity contribution < 1.29 is 23.1 Å². The number of aromatic nitrogens is 2. The number of carbonyl (C=O) groups is 1. The molecule has 0 fully saturated rings. The average molecular weight is 424 g/mol. The van der Waals surface area contributed by atoms with Gasteiger partial charge in [-0.05, 0) is 30.3 Å². The Labute approximate surface area is 169 Å². The third-order valence-corrected chi connectivity index (χ3v) is 4.71. The van der Waals surface area contributed by atoms with Crippen LogP contribution in [0.1, 0.15) is 0 Å². The predicted molar refractivity (Wildman–Crippen MR) is 104 cm³/mol. The molecule has 7 nitrogen and oxygen atoms in total. The molecule has 1 heterocycles. The molecule has 0 radical (unpaired) electrons. The first kappa shape index (κ1) is 20.0. The molecule has 0 saturated heterocycles. The largest absolute Gasteiger partial charge is 0.497 e. The van der Waals surface area contributed by atoms with Crippen LogP contribution in [0.5, 0.6) is 11.5 Å². The molecule has 0 spiro atoms. The third-order valence-electron chi connectivity index (χ3n) is 3.58. The van der Waals surface area contributed by atoms with Crippen LogP contribution in [0.3, 0.4) is 0 Å². The van der Waals surface area contributed by atoms with Crippen molar-refractivity contribution in [2.24, 2.45) is 0 Å². The van der Waals surface area contributed by atoms with Crippen LogP contribution in [0, 0.1) is 5.82 Å². The van der Waals surface area contributed by atoms with Crippen molar-refractivity contribution in [2.45, 2.75) is 5.22 Å². The number of hydrogen-bond donors (Lipinski definition) is 1. The lowest BCUT2D eigenvalue weighted by atomic mass is 10.2. The topological polar surface area (TPSA) is 86.5 Å². The molecule has 28 heavy (non-hydrogen) atoms. The van der Waals surface area contributed by atoms with E-state index in [1.54, 1.807) is 25.3 Å². The Morgan fingerprint density at radius 3 is 2.75 bits per heavy atom. The molecule has 146 valence electrons. The smallest absolute Gasteiger partial charge is 0.277 e. The minimum atomic E-state index is -0.482. The summed E-state index contributed by atoms with van der Waals surface area (Å²) in [6.45, 7) is 0. The van der Waals surface area contributed by atoms with Gasteiger partial charge in [-0.1, -0.05) is 23.4 Å². The fourth-order valence-electron chi connectivity index (χ4n) is 2.26. The van der Waals surface area contributed by atoms with Crippen LogP contribution in [-0.4, -0.2) is 36.1 Å². The molecule has 1 amide bonds. The number of rotatable bonds is 7. The van der Waals surface area contributed by atoms with E-state index in [1.807, 2.05) is 0 Å². The number of benzene rings is 2. The first-order valence-electron chi connectivity index (χ1n) is 7.93. The predicted octanol–water partition coefficient (Wildman–Crippen LogP) is 4.28. The third kappa shape index (κ3) is 4.73. The molecule has 0 bridgehead atoms. The van der Waals surface area contributed by atoms with Gasteiger partial charge in [0, 0.05) is 6.07 Å². The van der Waals surface area contributed by atoms with E-state index in [2.05, 4.69) is 15.5 Å². The van der Waals surface area contributed by atoms with E-state index in [0.29, 0.717) is 22.7 Å². The maximum atomic E-state index is 13.0. The molecule has 2 aromatic carbocycles. The average Bonchev–Trinajstić information content (AvgIpc) is 3.17. The normalized spacial score (nSPS) is 10.6. The molecule has 10 heteroatoms. The monoisotopic (exact) mass is 423 g/mol. The van der Waals surface area contributed by atoms with Gasteiger partial charge in [-0.3, -0.25) is 4.79 Å². The van der Waals surface area contributed by atoms with Crippen molar-refractivity contribution in [3.05, 3.63) is 47.2 Å². The van der Waals surface area contributed by atoms with Crippen LogP contribution >= 0.6 is 23.4 Å². The number of halogens is 2. The van der Waals surface area contributed by atoms with Crippen molar-refractivity contribution in [3.8, 4) is 23.0 Å². The lowest BCUT2D eigenvalue weighted by Crippen LogP contribution is -2.14. The molecule has 3 rings (SSSR count). The van der Waals surface area contributed by atoms with E-state index in [-0.39, 0.29) is 27.8 Å². The maximum Gasteiger partial charge on any atom is 0.277 e. The molecular formula is C18H15ClFN3O4S. The van der Waals surface area contributed by atoms with Crippen LogP contribution in [0.2, 0.25) is 5.02 Å². The number of nitrogens with one attached hydrogen (secondary N) is 1. The fraction of sp³-hybridized carbons (Fsp3) is 0.167. The van der Waals surface area contributed by atoms with Gasteiger partial charge in [0.15, 0.2) is 0 Å². The Kier molecular flexibility index (Phi) is 6.37. The summed E-state index contributed by atoms with van der Waals surface area (Å²) >= 11 is 6.95. The molecule has 0 saturated carbocycles. The zero-order valence-corrected chi connectivity index (χ0v) is 16.4. The number of hydrogen-bond acceptors (Lipinski definition) is 7. The van der Waals surface area contributed by atoms with E-state index in [4.69, 9.17) is 25.5 Å². The first-order valence-corrected chi connectivity index (χ1v) is 9.30. The zero-order chi connectivity index (χ0) is 20.1. The van der Waals surface area contributed by atoms with Crippen molar-refractivity contribution in [2.75, 3.05) is 25.3 Å². The first-order chi connectivity index (χ1) is 13.5. The highest BCUT2D eigenvalue weighted by Crippen LogP contribution is 2.33. The van der Waals surface area contributed by atoms with Gasteiger partial charge in [-0.15, -0.1) is 10.2 Å². The molecule has 0 atom stereocenters. The van der Waals surface area contributed by atoms with Crippen molar-refractivity contribution in [1.82, 2.24) is 10.2 Å². The summed E-state index contributed by atoms with van der Waals surface area (Å²) in [7, 11) is 3.08. The minimum Gasteiger partial charge on any atom is -0.497 e. The van der Waals surface area contributed by atoms with Crippen LogP contribution in [-0.2, 0) is 4.79 Å². The summed E-state index contributed by atoms with van der Waals surface area (Å²) in [5.41, 5.74) is 0.924. The van der Waals surface area contributed by atoms with Crippen molar-refractivity contribution in [1.29, 1.82) is 0 Å². The highest BCUT2D eigenvalue weighted by molar-refractivity contribution is 7.99. The molecule has 3 aromatic rings. The maximum absolute atomic E-state index is 13.0. The second kappa shape index (κ2) is 8.94. The van der Waals surface area contributed by atoms with Crippen molar-refractivity contribution in [3.63, 3.8) is 0 Å². The van der Waals surface area contributed by atoms with Crippen LogP contribution in [0.4, 0.5) is 10.1 Å². The van der Waals surface area contributed by atoms with Gasteiger partial charge < -0.3 is 19.2 Å². The molecular weight excluding hydrogens is 409 g/mol. The Morgan fingerprint density at radius 1 is 1.21 bits per heavy atom. The van der Waals surface area contributed by atoms with E-state index in [9.17, 15) is 9.18 Å². The molecule has 1 N–H and O–H groups in total. The second-order valence-corrected chi connectivity index (χ2v) is 6.73. The Morgan fingerprint density at radius 2 is 2.04 bits per heavy atom. The van der Waals surface area contributed by atoms with Crippen LogP contribution in [0.25, 0.3) is 11.5 Å². The lowest BCUT2D eigenvalue weighted by molar-refractivity contribution is -0.113. The van der Waals surface area contributed by atoms with Gasteiger partial charge in [0.1, 0.15) is 17.3 Å². The number of amides is 1. The molecule has 0 aliphatic heterocycles. The molecule has 0 unspecified atom stereocenters. The van der Waals surface area contributed by atoms with Gasteiger partial charge >= 0.3 is 0 Å². The molecule has 1 aromatic heterocycles. The van der Waals surface area contributed by atoms with E-state index >= 15 is 0 Å². The highest BCUT2D eigenvalue weighted by atomic mass is 35.5. The summed E-state index contributed by atoms with van der Waals surface area (Å²) in [6, 6.07) is 8.91. The van der Waals surface area contributed by atoms with Gasteiger partial charge in [0.25, 0.3) is 11.1 Å². The number of nitrogens with zero attached hydrogens (tertiary/aromatic N) is 2. The Bertz CT molecular complexity index is 999. The number of thioether (sulfide) groups is 1.